The maximum Gasteiger partial charge on any atom is 0.308 e. The molecule has 1 aromatic rings. The molecule has 0 spiro atoms. The number of carbonyl (C=O) groups excluding carboxylic acids is 3. The van der Waals surface area contributed by atoms with E-state index in [-0.39, 0.29) is 24.7 Å². The van der Waals surface area contributed by atoms with Crippen molar-refractivity contribution in [2.24, 2.45) is 0 Å². The van der Waals surface area contributed by atoms with E-state index in [9.17, 15) is 14.4 Å². The Morgan fingerprint density at radius 2 is 2.04 bits per heavy atom. The number of rotatable bonds is 8. The summed E-state index contributed by atoms with van der Waals surface area (Å²) in [4.78, 5) is 38.6. The Bertz CT molecular complexity index is 644. The van der Waals surface area contributed by atoms with Gasteiger partial charge in [-0.25, -0.2) is 0 Å². The molecule has 1 N–H and O–H groups in total. The summed E-state index contributed by atoms with van der Waals surface area (Å²) in [6, 6.07) is 6.89. The number of aryl methyl sites for hydroxylation is 1. The van der Waals surface area contributed by atoms with Gasteiger partial charge in [0.1, 0.15) is 6.04 Å². The second-order valence-electron chi connectivity index (χ2n) is 6.63. The zero-order valence-electron chi connectivity index (χ0n) is 15.6. The lowest BCUT2D eigenvalue weighted by molar-refractivity contribution is -0.151. The minimum atomic E-state index is -0.793. The summed E-state index contributed by atoms with van der Waals surface area (Å²) in [6.07, 6.45) is 2.98. The molecule has 1 heterocycles. The molecule has 1 aliphatic heterocycles. The Kier molecular flexibility index (Phi) is 7.63. The van der Waals surface area contributed by atoms with Gasteiger partial charge in [-0.1, -0.05) is 44.0 Å². The number of nitrogens with zero attached hydrogens (tertiary/aromatic N) is 1. The molecule has 0 aromatic heterocycles. The van der Waals surface area contributed by atoms with Gasteiger partial charge in [0.15, 0.2) is 0 Å². The highest BCUT2D eigenvalue weighted by Gasteiger charge is 2.35. The van der Waals surface area contributed by atoms with Crippen LogP contribution in [0, 0.1) is 6.92 Å². The van der Waals surface area contributed by atoms with Crippen molar-refractivity contribution in [1.82, 2.24) is 10.2 Å². The Balaban J connectivity index is 1.98. The summed E-state index contributed by atoms with van der Waals surface area (Å²) in [5.74, 6) is -0.866. The molecule has 0 saturated carbocycles. The first-order valence-corrected chi connectivity index (χ1v) is 9.30. The van der Waals surface area contributed by atoms with Crippen LogP contribution in [0.15, 0.2) is 24.3 Å². The molecular formula is C20H28N2O4. The van der Waals surface area contributed by atoms with E-state index in [0.717, 1.165) is 30.4 Å². The number of unbranched alkanes of at least 4 members (excludes halogenated alkanes) is 2. The summed E-state index contributed by atoms with van der Waals surface area (Å²) in [6.45, 7) is 5.20. The molecule has 0 aliphatic carbocycles. The fourth-order valence-corrected chi connectivity index (χ4v) is 3.04. The average Bonchev–Trinajstić information content (AvgIpc) is 2.62. The highest BCUT2D eigenvalue weighted by Crippen LogP contribution is 2.15. The van der Waals surface area contributed by atoms with E-state index in [1.165, 1.54) is 4.90 Å². The minimum Gasteiger partial charge on any atom is -0.466 e. The van der Waals surface area contributed by atoms with Gasteiger partial charge in [0, 0.05) is 13.1 Å². The molecule has 0 radical (unpaired) electrons. The van der Waals surface area contributed by atoms with E-state index in [1.54, 1.807) is 0 Å². The number of esters is 1. The van der Waals surface area contributed by atoms with Crippen molar-refractivity contribution < 1.29 is 19.1 Å². The predicted molar refractivity (Wildman–Crippen MR) is 98.5 cm³/mol. The van der Waals surface area contributed by atoms with Gasteiger partial charge in [0.25, 0.3) is 0 Å². The molecule has 142 valence electrons. The number of nitrogens with one attached hydrogen (secondary N) is 1. The van der Waals surface area contributed by atoms with Gasteiger partial charge in [-0.15, -0.1) is 0 Å². The number of benzene rings is 1. The Morgan fingerprint density at radius 1 is 1.27 bits per heavy atom. The summed E-state index contributed by atoms with van der Waals surface area (Å²) in [7, 11) is 0. The number of carbonyl (C=O) groups is 3. The van der Waals surface area contributed by atoms with Gasteiger partial charge >= 0.3 is 5.97 Å². The van der Waals surface area contributed by atoms with Crippen LogP contribution in [0.3, 0.4) is 0 Å². The van der Waals surface area contributed by atoms with Gasteiger partial charge in [0.05, 0.1) is 19.4 Å². The monoisotopic (exact) mass is 360 g/mol. The first-order chi connectivity index (χ1) is 12.5. The highest BCUT2D eigenvalue weighted by atomic mass is 16.5. The average molecular weight is 360 g/mol. The number of amides is 2. The molecule has 1 unspecified atom stereocenters. The molecule has 1 aromatic carbocycles. The quantitative estimate of drug-likeness (QED) is 0.568. The summed E-state index contributed by atoms with van der Waals surface area (Å²) in [5, 5.41) is 2.73. The number of hydrogen-bond donors (Lipinski definition) is 1. The van der Waals surface area contributed by atoms with Crippen LogP contribution in [0.25, 0.3) is 0 Å². The standard InChI is InChI=1S/C20H28N2O4/c1-3-4-7-12-26-19(24)14-17-20(25)21-10-11-22(17)18(23)13-16-9-6-5-8-15(16)2/h5-6,8-9,17H,3-4,7,10-14H2,1-2H3,(H,21,25). The number of ether oxygens (including phenoxy) is 1. The summed E-state index contributed by atoms with van der Waals surface area (Å²) in [5.41, 5.74) is 1.97. The third-order valence-electron chi connectivity index (χ3n) is 4.63. The van der Waals surface area contributed by atoms with Crippen molar-refractivity contribution in [2.75, 3.05) is 19.7 Å². The fourth-order valence-electron chi connectivity index (χ4n) is 3.04. The van der Waals surface area contributed by atoms with Crippen LogP contribution in [0.5, 0.6) is 0 Å². The zero-order chi connectivity index (χ0) is 18.9. The molecule has 6 nitrogen and oxygen atoms in total. The zero-order valence-corrected chi connectivity index (χ0v) is 15.6. The molecule has 1 saturated heterocycles. The van der Waals surface area contributed by atoms with Gasteiger partial charge < -0.3 is 15.0 Å². The van der Waals surface area contributed by atoms with Crippen molar-refractivity contribution in [3.63, 3.8) is 0 Å². The van der Waals surface area contributed by atoms with Crippen LogP contribution in [-0.2, 0) is 25.5 Å². The number of piperazine rings is 1. The topological polar surface area (TPSA) is 75.7 Å². The fraction of sp³-hybridized carbons (Fsp3) is 0.550. The van der Waals surface area contributed by atoms with E-state index >= 15 is 0 Å². The Morgan fingerprint density at radius 3 is 2.77 bits per heavy atom. The van der Waals surface area contributed by atoms with E-state index in [2.05, 4.69) is 12.2 Å². The van der Waals surface area contributed by atoms with Gasteiger partial charge in [0.2, 0.25) is 11.8 Å². The Hall–Kier alpha value is -2.37. The largest absolute Gasteiger partial charge is 0.466 e. The smallest absolute Gasteiger partial charge is 0.308 e. The van der Waals surface area contributed by atoms with Gasteiger partial charge in [-0.3, -0.25) is 14.4 Å². The summed E-state index contributed by atoms with van der Waals surface area (Å²) >= 11 is 0. The van der Waals surface area contributed by atoms with Crippen LogP contribution in [0.1, 0.15) is 43.7 Å². The molecule has 26 heavy (non-hydrogen) atoms. The number of hydrogen-bond acceptors (Lipinski definition) is 4. The van der Waals surface area contributed by atoms with Crippen LogP contribution in [-0.4, -0.2) is 48.4 Å². The van der Waals surface area contributed by atoms with Crippen LogP contribution < -0.4 is 5.32 Å². The van der Waals surface area contributed by atoms with Gasteiger partial charge in [-0.05, 0) is 24.5 Å². The maximum atomic E-state index is 12.8. The molecule has 2 amide bonds. The van der Waals surface area contributed by atoms with E-state index in [0.29, 0.717) is 19.7 Å². The van der Waals surface area contributed by atoms with E-state index in [1.807, 2.05) is 31.2 Å². The van der Waals surface area contributed by atoms with Crippen molar-refractivity contribution in [3.8, 4) is 0 Å². The first-order valence-electron chi connectivity index (χ1n) is 9.30. The lowest BCUT2D eigenvalue weighted by Gasteiger charge is -2.34. The summed E-state index contributed by atoms with van der Waals surface area (Å²) < 4.78 is 5.20. The lowest BCUT2D eigenvalue weighted by atomic mass is 10.0. The molecule has 2 rings (SSSR count). The van der Waals surface area contributed by atoms with Crippen molar-refractivity contribution >= 4 is 17.8 Å². The molecule has 6 heteroatoms. The predicted octanol–water partition coefficient (Wildman–Crippen LogP) is 1.99. The van der Waals surface area contributed by atoms with Crippen molar-refractivity contribution in [3.05, 3.63) is 35.4 Å². The van der Waals surface area contributed by atoms with Crippen molar-refractivity contribution in [2.45, 2.75) is 52.0 Å². The van der Waals surface area contributed by atoms with E-state index in [4.69, 9.17) is 4.74 Å². The second-order valence-corrected chi connectivity index (χ2v) is 6.63. The van der Waals surface area contributed by atoms with Crippen LogP contribution in [0.4, 0.5) is 0 Å². The van der Waals surface area contributed by atoms with Crippen LogP contribution in [0.2, 0.25) is 0 Å². The molecule has 0 bridgehead atoms. The third kappa shape index (κ3) is 5.58. The molecule has 1 atom stereocenters. The molecule has 1 fully saturated rings. The van der Waals surface area contributed by atoms with Crippen LogP contribution >= 0.6 is 0 Å². The van der Waals surface area contributed by atoms with E-state index < -0.39 is 12.0 Å². The Labute approximate surface area is 154 Å². The normalized spacial score (nSPS) is 16.9. The SMILES string of the molecule is CCCCCOC(=O)CC1C(=O)NCCN1C(=O)Cc1ccccc1C. The van der Waals surface area contributed by atoms with Crippen molar-refractivity contribution in [1.29, 1.82) is 0 Å². The molecule has 1 aliphatic rings. The lowest BCUT2D eigenvalue weighted by Crippen LogP contribution is -2.58. The third-order valence-corrected chi connectivity index (χ3v) is 4.63. The minimum absolute atomic E-state index is 0.0997. The molecular weight excluding hydrogens is 332 g/mol. The highest BCUT2D eigenvalue weighted by molar-refractivity contribution is 5.92. The van der Waals surface area contributed by atoms with Gasteiger partial charge in [-0.2, -0.15) is 0 Å². The second kappa shape index (κ2) is 9.94. The maximum absolute atomic E-state index is 12.8. The first kappa shape index (κ1) is 19.9.